The van der Waals surface area contributed by atoms with E-state index in [0.29, 0.717) is 25.3 Å². The minimum absolute atomic E-state index is 0.130. The van der Waals surface area contributed by atoms with Crippen LogP contribution < -0.4 is 10.6 Å². The monoisotopic (exact) mass is 312 g/mol. The molecule has 2 aromatic rings. The summed E-state index contributed by atoms with van der Waals surface area (Å²) in [6, 6.07) is 7.28. The first-order valence-corrected chi connectivity index (χ1v) is 8.08. The highest BCUT2D eigenvalue weighted by atomic mass is 16.2. The average molecular weight is 312 g/mol. The molecule has 1 aromatic carbocycles. The first-order valence-electron chi connectivity index (χ1n) is 8.08. The molecule has 0 saturated heterocycles. The Labute approximate surface area is 135 Å². The van der Waals surface area contributed by atoms with Crippen LogP contribution in [-0.2, 0) is 22.6 Å². The molecule has 1 aliphatic rings. The first-order chi connectivity index (χ1) is 11.1. The first kappa shape index (κ1) is 15.7. The summed E-state index contributed by atoms with van der Waals surface area (Å²) in [6.07, 6.45) is 3.17. The van der Waals surface area contributed by atoms with Gasteiger partial charge in [0.25, 0.3) is 0 Å². The number of hydrogen-bond donors (Lipinski definition) is 3. The van der Waals surface area contributed by atoms with E-state index in [-0.39, 0.29) is 11.9 Å². The largest absolute Gasteiger partial charge is 0.357 e. The van der Waals surface area contributed by atoms with Crippen LogP contribution in [0.25, 0.3) is 10.9 Å². The standard InChI is InChI=1S/C18H22N3O2/c1-11(2)7-12(10-22)20-18(23)16-8-14-13-5-3-4-6-15(13)21-17(14)9-19-16/h3-6,11-12,16,19,21H,7-9H2,1-2H3,(H,20,23)/t12-,16+/m0/s1. The van der Waals surface area contributed by atoms with E-state index in [0.717, 1.165) is 11.2 Å². The maximum atomic E-state index is 12.5. The fraction of sp³-hybridized carbons (Fsp3) is 0.444. The topological polar surface area (TPSA) is 74.0 Å². The van der Waals surface area contributed by atoms with E-state index in [9.17, 15) is 9.59 Å². The molecule has 0 saturated carbocycles. The second kappa shape index (κ2) is 6.54. The highest BCUT2D eigenvalue weighted by Crippen LogP contribution is 2.26. The highest BCUT2D eigenvalue weighted by Gasteiger charge is 2.28. The minimum Gasteiger partial charge on any atom is -0.357 e. The third-order valence-corrected chi connectivity index (χ3v) is 4.32. The van der Waals surface area contributed by atoms with E-state index in [1.807, 2.05) is 38.3 Å². The fourth-order valence-corrected chi connectivity index (χ4v) is 3.21. The molecule has 0 spiro atoms. The summed E-state index contributed by atoms with van der Waals surface area (Å²) in [6.45, 7) is 4.67. The van der Waals surface area contributed by atoms with Crippen molar-refractivity contribution in [2.45, 2.75) is 45.3 Å². The minimum atomic E-state index is -0.534. The average Bonchev–Trinajstić information content (AvgIpc) is 2.91. The number of nitrogens with one attached hydrogen (secondary N) is 3. The lowest BCUT2D eigenvalue weighted by Gasteiger charge is -2.25. The Hall–Kier alpha value is -2.14. The Morgan fingerprint density at radius 3 is 2.91 bits per heavy atom. The second-order valence-corrected chi connectivity index (χ2v) is 6.57. The van der Waals surface area contributed by atoms with E-state index < -0.39 is 6.04 Å². The second-order valence-electron chi connectivity index (χ2n) is 6.57. The number of hydrogen-bond acceptors (Lipinski definition) is 3. The number of rotatable bonds is 5. The van der Waals surface area contributed by atoms with Crippen molar-refractivity contribution in [3.05, 3.63) is 35.5 Å². The van der Waals surface area contributed by atoms with E-state index in [1.165, 1.54) is 10.9 Å². The molecule has 121 valence electrons. The maximum absolute atomic E-state index is 12.5. The lowest BCUT2D eigenvalue weighted by molar-refractivity contribution is -0.123. The summed E-state index contributed by atoms with van der Waals surface area (Å²) in [4.78, 5) is 26.9. The van der Waals surface area contributed by atoms with Crippen molar-refractivity contribution in [2.75, 3.05) is 0 Å². The number of benzene rings is 1. The normalized spacial score (nSPS) is 18.7. The number of aromatic nitrogens is 1. The van der Waals surface area contributed by atoms with Crippen LogP contribution in [-0.4, -0.2) is 29.3 Å². The number of carbonyl (C=O) groups excluding carboxylic acids is 2. The number of carbonyl (C=O) groups is 1. The van der Waals surface area contributed by atoms with Gasteiger partial charge in [-0.3, -0.25) is 14.9 Å². The van der Waals surface area contributed by atoms with Gasteiger partial charge in [-0.25, -0.2) is 0 Å². The van der Waals surface area contributed by atoms with Gasteiger partial charge in [-0.05, 0) is 30.4 Å². The Morgan fingerprint density at radius 1 is 1.39 bits per heavy atom. The molecular weight excluding hydrogens is 290 g/mol. The van der Waals surface area contributed by atoms with Gasteiger partial charge in [0.1, 0.15) is 0 Å². The molecule has 2 atom stereocenters. The molecule has 1 radical (unpaired) electrons. The van der Waals surface area contributed by atoms with Crippen molar-refractivity contribution in [3.8, 4) is 0 Å². The van der Waals surface area contributed by atoms with Gasteiger partial charge in [-0.2, -0.15) is 0 Å². The van der Waals surface area contributed by atoms with Crippen molar-refractivity contribution in [1.29, 1.82) is 0 Å². The predicted octanol–water partition coefficient (Wildman–Crippen LogP) is 1.82. The number of amides is 1. The lowest BCUT2D eigenvalue weighted by Crippen LogP contribution is -2.51. The van der Waals surface area contributed by atoms with Crippen molar-refractivity contribution in [1.82, 2.24) is 15.6 Å². The fourth-order valence-electron chi connectivity index (χ4n) is 3.21. The van der Waals surface area contributed by atoms with Crippen molar-refractivity contribution < 1.29 is 9.59 Å². The maximum Gasteiger partial charge on any atom is 0.238 e. The van der Waals surface area contributed by atoms with Gasteiger partial charge in [0.05, 0.1) is 12.1 Å². The van der Waals surface area contributed by atoms with Crippen LogP contribution in [0.5, 0.6) is 0 Å². The van der Waals surface area contributed by atoms with Crippen molar-refractivity contribution in [3.63, 3.8) is 0 Å². The number of H-pyrrole nitrogens is 1. The van der Waals surface area contributed by atoms with Gasteiger partial charge in [0, 0.05) is 23.1 Å². The van der Waals surface area contributed by atoms with Crippen molar-refractivity contribution >= 4 is 23.1 Å². The third kappa shape index (κ3) is 3.29. The quantitative estimate of drug-likeness (QED) is 0.788. The van der Waals surface area contributed by atoms with Gasteiger partial charge in [0.2, 0.25) is 12.2 Å². The lowest BCUT2D eigenvalue weighted by atomic mass is 9.97. The molecule has 3 N–H and O–H groups in total. The van der Waals surface area contributed by atoms with E-state index in [4.69, 9.17) is 0 Å². The molecule has 1 aromatic heterocycles. The Balaban J connectivity index is 1.73. The number of fused-ring (bicyclic) bond motifs is 3. The molecule has 1 aliphatic heterocycles. The summed E-state index contributed by atoms with van der Waals surface area (Å²) in [7, 11) is 0. The van der Waals surface area contributed by atoms with Gasteiger partial charge in [-0.15, -0.1) is 0 Å². The van der Waals surface area contributed by atoms with Gasteiger partial charge < -0.3 is 10.3 Å². The van der Waals surface area contributed by atoms with Crippen molar-refractivity contribution in [2.24, 2.45) is 5.92 Å². The van der Waals surface area contributed by atoms with Crippen LogP contribution in [0.3, 0.4) is 0 Å². The molecule has 0 bridgehead atoms. The van der Waals surface area contributed by atoms with E-state index in [1.54, 1.807) is 0 Å². The molecule has 5 nitrogen and oxygen atoms in total. The summed E-state index contributed by atoms with van der Waals surface area (Å²) >= 11 is 0. The van der Waals surface area contributed by atoms with Crippen LogP contribution in [0.15, 0.2) is 24.3 Å². The molecular formula is C18H22N3O2. The molecule has 2 heterocycles. The smallest absolute Gasteiger partial charge is 0.238 e. The zero-order valence-electron chi connectivity index (χ0n) is 13.5. The molecule has 23 heavy (non-hydrogen) atoms. The Bertz CT molecular complexity index is 720. The molecule has 0 fully saturated rings. The molecule has 3 rings (SSSR count). The van der Waals surface area contributed by atoms with Gasteiger partial charge >= 0.3 is 0 Å². The Morgan fingerprint density at radius 2 is 2.17 bits per heavy atom. The van der Waals surface area contributed by atoms with E-state index >= 15 is 0 Å². The van der Waals surface area contributed by atoms with Crippen LogP contribution in [0.4, 0.5) is 0 Å². The summed E-state index contributed by atoms with van der Waals surface area (Å²) in [5.74, 6) is 0.205. The summed E-state index contributed by atoms with van der Waals surface area (Å²) < 4.78 is 0. The molecule has 1 amide bonds. The van der Waals surface area contributed by atoms with Gasteiger partial charge in [-0.1, -0.05) is 32.0 Å². The van der Waals surface area contributed by atoms with Gasteiger partial charge in [0.15, 0.2) is 0 Å². The molecule has 0 unspecified atom stereocenters. The van der Waals surface area contributed by atoms with Crippen LogP contribution in [0.1, 0.15) is 31.5 Å². The molecule has 0 aliphatic carbocycles. The van der Waals surface area contributed by atoms with E-state index in [2.05, 4.69) is 21.7 Å². The SMILES string of the molecule is CC(C)C[C@@H]([C]=O)NC(=O)[C@H]1Cc2c([nH]c3ccccc23)CN1. The predicted molar refractivity (Wildman–Crippen MR) is 89.7 cm³/mol. The van der Waals surface area contributed by atoms with Crippen LogP contribution in [0.2, 0.25) is 0 Å². The third-order valence-electron chi connectivity index (χ3n) is 4.32. The van der Waals surface area contributed by atoms with Crippen LogP contribution in [0, 0.1) is 5.92 Å². The number of aromatic amines is 1. The number of para-hydroxylation sites is 1. The highest BCUT2D eigenvalue weighted by molar-refractivity contribution is 5.89. The summed E-state index contributed by atoms with van der Waals surface area (Å²) in [5.41, 5.74) is 3.42. The molecule has 5 heteroatoms. The summed E-state index contributed by atoms with van der Waals surface area (Å²) in [5, 5.41) is 7.22. The Kier molecular flexibility index (Phi) is 4.48. The van der Waals surface area contributed by atoms with Crippen LogP contribution >= 0.6 is 0 Å². The zero-order chi connectivity index (χ0) is 16.4. The zero-order valence-corrected chi connectivity index (χ0v) is 13.5.